The summed E-state index contributed by atoms with van der Waals surface area (Å²) in [6.07, 6.45) is 3.70. The van der Waals surface area contributed by atoms with Crippen molar-refractivity contribution in [2.75, 3.05) is 0 Å². The van der Waals surface area contributed by atoms with Gasteiger partial charge in [-0.25, -0.2) is 9.78 Å². The van der Waals surface area contributed by atoms with E-state index in [0.29, 0.717) is 22.6 Å². The van der Waals surface area contributed by atoms with Crippen molar-refractivity contribution in [1.82, 2.24) is 9.38 Å². The highest BCUT2D eigenvalue weighted by molar-refractivity contribution is 5.94. The quantitative estimate of drug-likeness (QED) is 0.402. The van der Waals surface area contributed by atoms with Crippen LogP contribution in [0.25, 0.3) is 5.65 Å². The Morgan fingerprint density at radius 3 is 2.61 bits per heavy atom. The average molecular weight is 372 g/mol. The van der Waals surface area contributed by atoms with Crippen molar-refractivity contribution in [2.24, 2.45) is 10.2 Å². The number of esters is 1. The standard InChI is InChI=1S/C21H16N4O3/c26-17-10-8-15(9-11-17)23-24-19-6-2-1-5-18(19)21(27)28-14-16-13-25-12-4-3-7-20(25)22-16/h1-13,26H,14H2. The first-order valence-electron chi connectivity index (χ1n) is 8.58. The lowest BCUT2D eigenvalue weighted by atomic mass is 10.2. The summed E-state index contributed by atoms with van der Waals surface area (Å²) in [5.41, 5.74) is 2.72. The fraction of sp³-hybridized carbons (Fsp3) is 0.0476. The molecule has 28 heavy (non-hydrogen) atoms. The molecule has 0 fully saturated rings. The van der Waals surface area contributed by atoms with Gasteiger partial charge in [-0.05, 0) is 48.5 Å². The van der Waals surface area contributed by atoms with E-state index in [-0.39, 0.29) is 12.4 Å². The summed E-state index contributed by atoms with van der Waals surface area (Å²) in [6.45, 7) is 0.0595. The molecule has 0 radical (unpaired) electrons. The van der Waals surface area contributed by atoms with Crippen molar-refractivity contribution in [3.8, 4) is 5.75 Å². The van der Waals surface area contributed by atoms with Gasteiger partial charge in [0.25, 0.3) is 0 Å². The summed E-state index contributed by atoms with van der Waals surface area (Å²) < 4.78 is 7.27. The van der Waals surface area contributed by atoms with Gasteiger partial charge in [0.15, 0.2) is 0 Å². The first-order chi connectivity index (χ1) is 13.7. The number of phenolic OH excluding ortho intramolecular Hbond substituents is 1. The maximum atomic E-state index is 12.5. The molecule has 0 aliphatic heterocycles. The Morgan fingerprint density at radius 2 is 1.79 bits per heavy atom. The number of azo groups is 1. The normalized spacial score (nSPS) is 11.1. The van der Waals surface area contributed by atoms with Crippen molar-refractivity contribution in [2.45, 2.75) is 6.61 Å². The fourth-order valence-electron chi connectivity index (χ4n) is 2.64. The topological polar surface area (TPSA) is 88.5 Å². The van der Waals surface area contributed by atoms with Crippen LogP contribution >= 0.6 is 0 Å². The van der Waals surface area contributed by atoms with Gasteiger partial charge < -0.3 is 14.2 Å². The monoisotopic (exact) mass is 372 g/mol. The SMILES string of the molecule is O=C(OCc1cn2ccccc2n1)c1ccccc1N=Nc1ccc(O)cc1. The van der Waals surface area contributed by atoms with Crippen LogP contribution in [0.2, 0.25) is 0 Å². The van der Waals surface area contributed by atoms with E-state index in [1.807, 2.05) is 35.0 Å². The molecule has 0 bridgehead atoms. The number of hydrogen-bond acceptors (Lipinski definition) is 6. The fourth-order valence-corrected chi connectivity index (χ4v) is 2.64. The van der Waals surface area contributed by atoms with Crippen LogP contribution in [-0.2, 0) is 11.3 Å². The van der Waals surface area contributed by atoms with Gasteiger partial charge in [0, 0.05) is 12.4 Å². The van der Waals surface area contributed by atoms with Crippen molar-refractivity contribution in [1.29, 1.82) is 0 Å². The zero-order chi connectivity index (χ0) is 19.3. The molecule has 7 nitrogen and oxygen atoms in total. The average Bonchev–Trinajstić information content (AvgIpc) is 3.15. The van der Waals surface area contributed by atoms with Gasteiger partial charge in [0.2, 0.25) is 0 Å². The van der Waals surface area contributed by atoms with E-state index in [4.69, 9.17) is 4.74 Å². The highest BCUT2D eigenvalue weighted by Crippen LogP contribution is 2.24. The van der Waals surface area contributed by atoms with Crippen LogP contribution in [0.15, 0.2) is 89.4 Å². The Balaban J connectivity index is 1.48. The van der Waals surface area contributed by atoms with Crippen LogP contribution in [0.5, 0.6) is 5.75 Å². The number of imidazole rings is 1. The van der Waals surface area contributed by atoms with Gasteiger partial charge in [-0.15, -0.1) is 5.11 Å². The van der Waals surface area contributed by atoms with Crippen LogP contribution in [0.4, 0.5) is 11.4 Å². The Bertz CT molecular complexity index is 1120. The number of phenols is 1. The van der Waals surface area contributed by atoms with Crippen LogP contribution < -0.4 is 0 Å². The van der Waals surface area contributed by atoms with Gasteiger partial charge >= 0.3 is 5.97 Å². The van der Waals surface area contributed by atoms with Crippen molar-refractivity contribution < 1.29 is 14.6 Å². The van der Waals surface area contributed by atoms with Crippen molar-refractivity contribution in [3.05, 3.63) is 90.4 Å². The molecule has 0 aliphatic rings. The molecule has 0 saturated heterocycles. The molecular formula is C21H16N4O3. The zero-order valence-electron chi connectivity index (χ0n) is 14.8. The first kappa shape index (κ1) is 17.4. The number of ether oxygens (including phenoxy) is 1. The van der Waals surface area contributed by atoms with E-state index in [2.05, 4.69) is 15.2 Å². The van der Waals surface area contributed by atoms with Crippen LogP contribution in [0, 0.1) is 0 Å². The molecule has 0 unspecified atom stereocenters. The molecular weight excluding hydrogens is 356 g/mol. The van der Waals surface area contributed by atoms with E-state index >= 15 is 0 Å². The highest BCUT2D eigenvalue weighted by atomic mass is 16.5. The Labute approximate surface area is 160 Å². The largest absolute Gasteiger partial charge is 0.508 e. The predicted molar refractivity (Wildman–Crippen MR) is 103 cm³/mol. The summed E-state index contributed by atoms with van der Waals surface area (Å²) in [5, 5.41) is 17.6. The van der Waals surface area contributed by atoms with Gasteiger partial charge in [0.1, 0.15) is 23.7 Å². The van der Waals surface area contributed by atoms with Gasteiger partial charge in [0.05, 0.1) is 16.9 Å². The molecule has 0 saturated carbocycles. The smallest absolute Gasteiger partial charge is 0.340 e. The lowest BCUT2D eigenvalue weighted by molar-refractivity contribution is 0.0469. The van der Waals surface area contributed by atoms with E-state index in [1.54, 1.807) is 36.4 Å². The molecule has 2 heterocycles. The molecule has 4 aromatic rings. The molecule has 0 amide bonds. The second kappa shape index (κ2) is 7.71. The lowest BCUT2D eigenvalue weighted by Gasteiger charge is -2.05. The third-order valence-corrected chi connectivity index (χ3v) is 4.01. The number of nitrogens with zero attached hydrogens (tertiary/aromatic N) is 4. The summed E-state index contributed by atoms with van der Waals surface area (Å²) in [7, 11) is 0. The number of carbonyl (C=O) groups is 1. The maximum Gasteiger partial charge on any atom is 0.340 e. The van der Waals surface area contributed by atoms with E-state index in [9.17, 15) is 9.90 Å². The molecule has 7 heteroatoms. The third-order valence-electron chi connectivity index (χ3n) is 4.01. The summed E-state index contributed by atoms with van der Waals surface area (Å²) in [4.78, 5) is 16.9. The highest BCUT2D eigenvalue weighted by Gasteiger charge is 2.13. The summed E-state index contributed by atoms with van der Waals surface area (Å²) in [6, 6.07) is 18.8. The Morgan fingerprint density at radius 1 is 1.00 bits per heavy atom. The predicted octanol–water partition coefficient (Wildman–Crippen LogP) is 4.81. The first-order valence-corrected chi connectivity index (χ1v) is 8.58. The van der Waals surface area contributed by atoms with Crippen LogP contribution in [0.3, 0.4) is 0 Å². The number of aromatic hydroxyl groups is 1. The van der Waals surface area contributed by atoms with Crippen LogP contribution in [-0.4, -0.2) is 20.5 Å². The van der Waals surface area contributed by atoms with Crippen LogP contribution in [0.1, 0.15) is 16.1 Å². The molecule has 0 spiro atoms. The summed E-state index contributed by atoms with van der Waals surface area (Å²) >= 11 is 0. The number of aromatic nitrogens is 2. The van der Waals surface area contributed by atoms with E-state index in [1.165, 1.54) is 12.1 Å². The molecule has 138 valence electrons. The zero-order valence-corrected chi connectivity index (χ0v) is 14.8. The number of benzene rings is 2. The molecule has 1 N–H and O–H groups in total. The second-order valence-corrected chi connectivity index (χ2v) is 6.01. The van der Waals surface area contributed by atoms with Crippen molar-refractivity contribution in [3.63, 3.8) is 0 Å². The molecule has 2 aromatic carbocycles. The minimum Gasteiger partial charge on any atom is -0.508 e. The second-order valence-electron chi connectivity index (χ2n) is 6.01. The molecule has 2 aromatic heterocycles. The number of fused-ring (bicyclic) bond motifs is 1. The summed E-state index contributed by atoms with van der Waals surface area (Å²) in [5.74, 6) is -0.354. The Kier molecular flexibility index (Phi) is 4.79. The van der Waals surface area contributed by atoms with Crippen molar-refractivity contribution >= 4 is 23.0 Å². The van der Waals surface area contributed by atoms with Gasteiger partial charge in [-0.1, -0.05) is 18.2 Å². The lowest BCUT2D eigenvalue weighted by Crippen LogP contribution is -2.05. The van der Waals surface area contributed by atoms with Gasteiger partial charge in [-0.3, -0.25) is 0 Å². The number of rotatable bonds is 5. The minimum atomic E-state index is -0.502. The maximum absolute atomic E-state index is 12.5. The molecule has 4 rings (SSSR count). The third kappa shape index (κ3) is 3.88. The number of pyridine rings is 1. The molecule has 0 atom stereocenters. The van der Waals surface area contributed by atoms with Gasteiger partial charge in [-0.2, -0.15) is 5.11 Å². The number of hydrogen-bond donors (Lipinski definition) is 1. The minimum absolute atomic E-state index is 0.0595. The van der Waals surface area contributed by atoms with E-state index in [0.717, 1.165) is 5.65 Å². The number of carbonyl (C=O) groups excluding carboxylic acids is 1. The molecule has 0 aliphatic carbocycles. The van der Waals surface area contributed by atoms with E-state index < -0.39 is 5.97 Å². The Hall–Kier alpha value is -4.00.